The van der Waals surface area contributed by atoms with E-state index in [0.29, 0.717) is 13.0 Å². The molecule has 1 saturated heterocycles. The van der Waals surface area contributed by atoms with E-state index in [2.05, 4.69) is 5.32 Å². The largest absolute Gasteiger partial charge is 0.481 e. The van der Waals surface area contributed by atoms with E-state index in [1.54, 1.807) is 6.92 Å². The second-order valence-electron chi connectivity index (χ2n) is 4.72. The lowest BCUT2D eigenvalue weighted by molar-refractivity contribution is -0.142. The molecular weight excluding hydrogens is 242 g/mol. The molecule has 18 heavy (non-hydrogen) atoms. The van der Waals surface area contributed by atoms with Gasteiger partial charge < -0.3 is 20.1 Å². The van der Waals surface area contributed by atoms with Gasteiger partial charge >= 0.3 is 11.9 Å². The molecule has 0 aromatic heterocycles. The van der Waals surface area contributed by atoms with Gasteiger partial charge in [0.1, 0.15) is 6.04 Å². The van der Waals surface area contributed by atoms with Crippen LogP contribution in [0.5, 0.6) is 0 Å². The van der Waals surface area contributed by atoms with Gasteiger partial charge in [0.2, 0.25) is 0 Å². The average molecular weight is 261 g/mol. The Balaban J connectivity index is 2.59. The summed E-state index contributed by atoms with van der Waals surface area (Å²) in [6.45, 7) is 2.26. The first-order chi connectivity index (χ1) is 8.33. The molecular formula is C11H19NO6. The summed E-state index contributed by atoms with van der Waals surface area (Å²) in [4.78, 5) is 21.5. The molecule has 1 rings (SSSR count). The first kappa shape index (κ1) is 14.9. The Morgan fingerprint density at radius 3 is 2.67 bits per heavy atom. The lowest BCUT2D eigenvalue weighted by Crippen LogP contribution is -2.59. The summed E-state index contributed by atoms with van der Waals surface area (Å²) in [6, 6.07) is -1.51. The number of carboxylic acids is 2. The van der Waals surface area contributed by atoms with E-state index in [1.807, 2.05) is 0 Å². The number of carbonyl (C=O) groups is 2. The van der Waals surface area contributed by atoms with E-state index in [4.69, 9.17) is 14.9 Å². The molecule has 7 heteroatoms. The molecule has 1 heterocycles. The number of aliphatic hydroxyl groups is 1. The van der Waals surface area contributed by atoms with Crippen LogP contribution in [-0.2, 0) is 14.3 Å². The predicted octanol–water partition coefficient (Wildman–Crippen LogP) is -0.566. The van der Waals surface area contributed by atoms with Gasteiger partial charge in [-0.3, -0.25) is 14.9 Å². The van der Waals surface area contributed by atoms with Crippen molar-refractivity contribution < 1.29 is 29.6 Å². The predicted molar refractivity (Wildman–Crippen MR) is 61.3 cm³/mol. The second kappa shape index (κ2) is 6.12. The van der Waals surface area contributed by atoms with Gasteiger partial charge in [-0.15, -0.1) is 0 Å². The molecule has 0 saturated carbocycles. The zero-order valence-corrected chi connectivity index (χ0v) is 10.3. The molecule has 0 spiro atoms. The van der Waals surface area contributed by atoms with Crippen LogP contribution in [0.1, 0.15) is 26.2 Å². The van der Waals surface area contributed by atoms with Crippen molar-refractivity contribution in [2.75, 3.05) is 13.2 Å². The Labute approximate surface area is 105 Å². The SMILES string of the molecule is C[C@]1(O)CCOC[C@@H]1NC(CCC(=O)O)C(=O)O. The molecule has 0 amide bonds. The van der Waals surface area contributed by atoms with E-state index >= 15 is 0 Å². The Kier molecular flexibility index (Phi) is 5.06. The number of rotatable bonds is 6. The smallest absolute Gasteiger partial charge is 0.320 e. The average Bonchev–Trinajstić information content (AvgIpc) is 2.25. The molecule has 0 radical (unpaired) electrons. The lowest BCUT2D eigenvalue weighted by atomic mass is 9.90. The molecule has 7 nitrogen and oxygen atoms in total. The summed E-state index contributed by atoms with van der Waals surface area (Å²) in [7, 11) is 0. The third kappa shape index (κ3) is 4.25. The van der Waals surface area contributed by atoms with Crippen molar-refractivity contribution in [3.8, 4) is 0 Å². The van der Waals surface area contributed by atoms with Gasteiger partial charge in [0, 0.05) is 19.4 Å². The van der Waals surface area contributed by atoms with Crippen molar-refractivity contribution in [1.82, 2.24) is 5.32 Å². The molecule has 1 unspecified atom stereocenters. The number of hydrogen-bond acceptors (Lipinski definition) is 5. The fraction of sp³-hybridized carbons (Fsp3) is 0.818. The molecule has 1 aliphatic rings. The Hall–Kier alpha value is -1.18. The monoisotopic (exact) mass is 261 g/mol. The number of aliphatic carboxylic acids is 2. The first-order valence-corrected chi connectivity index (χ1v) is 5.83. The van der Waals surface area contributed by atoms with E-state index in [-0.39, 0.29) is 19.4 Å². The van der Waals surface area contributed by atoms with Crippen LogP contribution in [0.4, 0.5) is 0 Å². The van der Waals surface area contributed by atoms with Crippen molar-refractivity contribution >= 4 is 11.9 Å². The first-order valence-electron chi connectivity index (χ1n) is 5.83. The van der Waals surface area contributed by atoms with Gasteiger partial charge in [-0.2, -0.15) is 0 Å². The van der Waals surface area contributed by atoms with Gasteiger partial charge in [0.15, 0.2) is 0 Å². The topological polar surface area (TPSA) is 116 Å². The quantitative estimate of drug-likeness (QED) is 0.506. The fourth-order valence-electron chi connectivity index (χ4n) is 1.85. The highest BCUT2D eigenvalue weighted by atomic mass is 16.5. The Morgan fingerprint density at radius 1 is 1.50 bits per heavy atom. The maximum Gasteiger partial charge on any atom is 0.320 e. The number of hydrogen-bond donors (Lipinski definition) is 4. The van der Waals surface area contributed by atoms with Crippen LogP contribution in [0.3, 0.4) is 0 Å². The summed E-state index contributed by atoms with van der Waals surface area (Å²) in [6.07, 6.45) is 0.146. The lowest BCUT2D eigenvalue weighted by Gasteiger charge is -2.38. The normalized spacial score (nSPS) is 29.8. The van der Waals surface area contributed by atoms with E-state index in [0.717, 1.165) is 0 Å². The highest BCUT2D eigenvalue weighted by molar-refractivity contribution is 5.75. The minimum absolute atomic E-state index is 0.0305. The summed E-state index contributed by atoms with van der Waals surface area (Å²) >= 11 is 0. The van der Waals surface area contributed by atoms with Crippen LogP contribution in [0.25, 0.3) is 0 Å². The van der Waals surface area contributed by atoms with Crippen molar-refractivity contribution in [3.05, 3.63) is 0 Å². The Morgan fingerprint density at radius 2 is 2.17 bits per heavy atom. The van der Waals surface area contributed by atoms with Gasteiger partial charge in [-0.1, -0.05) is 0 Å². The summed E-state index contributed by atoms with van der Waals surface area (Å²) in [5.74, 6) is -2.17. The van der Waals surface area contributed by atoms with Crippen LogP contribution in [0.2, 0.25) is 0 Å². The summed E-state index contributed by atoms with van der Waals surface area (Å²) in [5.41, 5.74) is -1.05. The second-order valence-corrected chi connectivity index (χ2v) is 4.72. The highest BCUT2D eigenvalue weighted by Gasteiger charge is 2.37. The molecule has 4 N–H and O–H groups in total. The van der Waals surface area contributed by atoms with Gasteiger partial charge in [-0.05, 0) is 13.3 Å². The molecule has 1 fully saturated rings. The van der Waals surface area contributed by atoms with Crippen LogP contribution < -0.4 is 5.32 Å². The van der Waals surface area contributed by atoms with Gasteiger partial charge in [0.25, 0.3) is 0 Å². The summed E-state index contributed by atoms with van der Waals surface area (Å²) < 4.78 is 5.19. The van der Waals surface area contributed by atoms with E-state index in [9.17, 15) is 14.7 Å². The number of ether oxygens (including phenoxy) is 1. The van der Waals surface area contributed by atoms with Crippen LogP contribution >= 0.6 is 0 Å². The highest BCUT2D eigenvalue weighted by Crippen LogP contribution is 2.21. The fourth-order valence-corrected chi connectivity index (χ4v) is 1.85. The standard InChI is InChI=1S/C11H19NO6/c1-11(17)4-5-18-6-8(11)12-7(10(15)16)2-3-9(13)14/h7-8,12,17H,2-6H2,1H3,(H,13,14)(H,15,16)/t7?,8-,11-/m0/s1. The molecule has 3 atom stereocenters. The van der Waals surface area contributed by atoms with Gasteiger partial charge in [-0.25, -0.2) is 0 Å². The van der Waals surface area contributed by atoms with Gasteiger partial charge in [0.05, 0.1) is 18.2 Å². The van der Waals surface area contributed by atoms with Crippen LogP contribution in [-0.4, -0.2) is 58.2 Å². The summed E-state index contributed by atoms with van der Waals surface area (Å²) in [5, 5.41) is 30.4. The third-order valence-electron chi connectivity index (χ3n) is 3.14. The molecule has 0 aromatic carbocycles. The van der Waals surface area contributed by atoms with Crippen LogP contribution in [0, 0.1) is 0 Å². The van der Waals surface area contributed by atoms with Crippen molar-refractivity contribution in [2.45, 2.75) is 43.9 Å². The molecule has 0 bridgehead atoms. The third-order valence-corrected chi connectivity index (χ3v) is 3.14. The van der Waals surface area contributed by atoms with E-state index < -0.39 is 29.6 Å². The van der Waals surface area contributed by atoms with Crippen molar-refractivity contribution in [1.29, 1.82) is 0 Å². The van der Waals surface area contributed by atoms with Crippen molar-refractivity contribution in [2.24, 2.45) is 0 Å². The zero-order chi connectivity index (χ0) is 13.8. The number of nitrogens with one attached hydrogen (secondary N) is 1. The molecule has 104 valence electrons. The Bertz CT molecular complexity index is 317. The molecule has 0 aromatic rings. The van der Waals surface area contributed by atoms with E-state index in [1.165, 1.54) is 0 Å². The molecule has 1 aliphatic heterocycles. The minimum Gasteiger partial charge on any atom is -0.481 e. The minimum atomic E-state index is -1.13. The van der Waals surface area contributed by atoms with Crippen molar-refractivity contribution in [3.63, 3.8) is 0 Å². The zero-order valence-electron chi connectivity index (χ0n) is 10.3. The maximum absolute atomic E-state index is 11.0. The van der Waals surface area contributed by atoms with Crippen LogP contribution in [0.15, 0.2) is 0 Å². The number of carboxylic acid groups (broad SMARTS) is 2. The molecule has 0 aliphatic carbocycles. The maximum atomic E-state index is 11.0.